The molecule has 0 spiro atoms. The lowest BCUT2D eigenvalue weighted by Crippen LogP contribution is -2.52. The molecule has 1 aromatic carbocycles. The summed E-state index contributed by atoms with van der Waals surface area (Å²) >= 11 is 12.1. The van der Waals surface area contributed by atoms with Gasteiger partial charge in [-0.05, 0) is 51.8 Å². The Morgan fingerprint density at radius 1 is 1.10 bits per heavy atom. The number of aliphatic imine (C=N–C) groups is 1. The average molecular weight is 619 g/mol. The fraction of sp³-hybridized carbons (Fsp3) is 0.538. The number of nitrogens with two attached hydrogens (primary N) is 1. The van der Waals surface area contributed by atoms with E-state index in [9.17, 15) is 24.0 Å². The number of unbranched alkanes of at least 4 members (excludes halogenated alkanes) is 1. The van der Waals surface area contributed by atoms with E-state index in [-0.39, 0.29) is 23.1 Å². The Kier molecular flexibility index (Phi) is 14.4. The Bertz CT molecular complexity index is 1120. The molecule has 0 fully saturated rings. The molecular formula is C26H37Cl2N5O8. The third-order valence-corrected chi connectivity index (χ3v) is 5.74. The van der Waals surface area contributed by atoms with Crippen LogP contribution < -0.4 is 16.4 Å². The van der Waals surface area contributed by atoms with Crippen molar-refractivity contribution in [2.24, 2.45) is 10.7 Å². The third kappa shape index (κ3) is 13.6. The lowest BCUT2D eigenvalue weighted by atomic mass is 10.1. The summed E-state index contributed by atoms with van der Waals surface area (Å²) < 4.78 is 15.5. The number of rotatable bonds is 11. The Morgan fingerprint density at radius 2 is 1.71 bits per heavy atom. The standard InChI is InChI=1S/C26H37Cl2N5O8/c1-7-8-12-39-22(36)21(30-20(35)14-33(6)25(38)41-26(3,4)5)15(2)40-24(37)32-23(29)31-19(34)13-16-17(27)10-9-11-18(16)28/h9-11,15,21H,7-8,12-14H2,1-6H3,(H,30,35)(H3,29,31,32,34,37)/t15-,21+/m1/s1. The predicted octanol–water partition coefficient (Wildman–Crippen LogP) is 3.19. The van der Waals surface area contributed by atoms with Crippen molar-refractivity contribution in [1.82, 2.24) is 15.5 Å². The minimum atomic E-state index is -1.44. The van der Waals surface area contributed by atoms with Crippen LogP contribution in [0, 0.1) is 0 Å². The van der Waals surface area contributed by atoms with E-state index in [4.69, 9.17) is 43.1 Å². The van der Waals surface area contributed by atoms with E-state index >= 15 is 0 Å². The topological polar surface area (TPSA) is 179 Å². The molecule has 1 aromatic rings. The second-order valence-corrected chi connectivity index (χ2v) is 10.7. The maximum Gasteiger partial charge on any atom is 0.437 e. The third-order valence-electron chi connectivity index (χ3n) is 5.03. The van der Waals surface area contributed by atoms with Crippen molar-refractivity contribution >= 4 is 59.1 Å². The van der Waals surface area contributed by atoms with E-state index in [0.717, 1.165) is 11.3 Å². The van der Waals surface area contributed by atoms with Crippen molar-refractivity contribution in [1.29, 1.82) is 0 Å². The molecule has 0 aliphatic carbocycles. The van der Waals surface area contributed by atoms with Gasteiger partial charge >= 0.3 is 18.2 Å². The van der Waals surface area contributed by atoms with Crippen LogP contribution in [-0.2, 0) is 35.0 Å². The van der Waals surface area contributed by atoms with Crippen LogP contribution in [-0.4, -0.2) is 78.8 Å². The highest BCUT2D eigenvalue weighted by atomic mass is 35.5. The number of nitrogens with zero attached hydrogens (tertiary/aromatic N) is 2. The SMILES string of the molecule is CCCCOC(=O)[C@@H](NC(=O)CN(C)C(=O)OC(C)(C)C)[C@@H](C)OC(=O)/N=C(\N)NC(=O)Cc1c(Cl)cccc1Cl. The van der Waals surface area contributed by atoms with Crippen LogP contribution in [0.2, 0.25) is 10.0 Å². The van der Waals surface area contributed by atoms with Crippen LogP contribution in [0.3, 0.4) is 0 Å². The first-order valence-corrected chi connectivity index (χ1v) is 13.5. The minimum absolute atomic E-state index is 0.0762. The molecule has 0 radical (unpaired) electrons. The fourth-order valence-corrected chi connectivity index (χ4v) is 3.57. The molecule has 0 heterocycles. The summed E-state index contributed by atoms with van der Waals surface area (Å²) in [6.45, 7) is 7.86. The molecule has 0 bridgehead atoms. The van der Waals surface area contributed by atoms with Crippen molar-refractivity contribution < 1.29 is 38.2 Å². The summed E-state index contributed by atoms with van der Waals surface area (Å²) in [6, 6.07) is 3.30. The highest BCUT2D eigenvalue weighted by Gasteiger charge is 2.32. The second-order valence-electron chi connectivity index (χ2n) is 9.91. The lowest BCUT2D eigenvalue weighted by molar-refractivity contribution is -0.151. The molecule has 0 aliphatic rings. The number of esters is 1. The first-order valence-electron chi connectivity index (χ1n) is 12.7. The molecule has 0 unspecified atom stereocenters. The van der Waals surface area contributed by atoms with Gasteiger partial charge in [-0.3, -0.25) is 14.9 Å². The summed E-state index contributed by atoms with van der Waals surface area (Å²) in [5.74, 6) is -2.84. The van der Waals surface area contributed by atoms with Crippen molar-refractivity contribution in [2.75, 3.05) is 20.2 Å². The number of benzene rings is 1. The van der Waals surface area contributed by atoms with E-state index < -0.39 is 60.2 Å². The highest BCUT2D eigenvalue weighted by Crippen LogP contribution is 2.24. The van der Waals surface area contributed by atoms with Crippen molar-refractivity contribution in [3.8, 4) is 0 Å². The number of hydrogen-bond donors (Lipinski definition) is 3. The molecule has 2 atom stereocenters. The number of amides is 4. The summed E-state index contributed by atoms with van der Waals surface area (Å²) in [7, 11) is 1.34. The fourth-order valence-electron chi connectivity index (χ4n) is 3.04. The van der Waals surface area contributed by atoms with Gasteiger partial charge in [0, 0.05) is 17.1 Å². The monoisotopic (exact) mass is 617 g/mol. The van der Waals surface area contributed by atoms with Gasteiger partial charge in [0.2, 0.25) is 17.8 Å². The quantitative estimate of drug-likeness (QED) is 0.110. The van der Waals surface area contributed by atoms with Crippen LogP contribution >= 0.6 is 23.2 Å². The molecule has 13 nitrogen and oxygen atoms in total. The Labute approximate surface area is 249 Å². The Balaban J connectivity index is 2.87. The number of ether oxygens (including phenoxy) is 3. The summed E-state index contributed by atoms with van der Waals surface area (Å²) in [5.41, 5.74) is 5.22. The molecule has 0 saturated carbocycles. The van der Waals surface area contributed by atoms with Crippen LogP contribution in [0.5, 0.6) is 0 Å². The minimum Gasteiger partial charge on any atom is -0.464 e. The van der Waals surface area contributed by atoms with Crippen LogP contribution in [0.1, 0.15) is 53.0 Å². The van der Waals surface area contributed by atoms with Crippen molar-refractivity contribution in [3.05, 3.63) is 33.8 Å². The summed E-state index contributed by atoms with van der Waals surface area (Å²) in [5, 5.41) is 5.16. The van der Waals surface area contributed by atoms with Crippen LogP contribution in [0.15, 0.2) is 23.2 Å². The molecule has 0 aromatic heterocycles. The van der Waals surface area contributed by atoms with Gasteiger partial charge in [-0.15, -0.1) is 4.99 Å². The number of hydrogen-bond acceptors (Lipinski definition) is 8. The van der Waals surface area contributed by atoms with Gasteiger partial charge in [-0.2, -0.15) is 0 Å². The maximum atomic E-state index is 12.7. The van der Waals surface area contributed by atoms with Crippen molar-refractivity contribution in [3.63, 3.8) is 0 Å². The van der Waals surface area contributed by atoms with E-state index in [1.165, 1.54) is 14.0 Å². The van der Waals surface area contributed by atoms with Crippen molar-refractivity contribution in [2.45, 2.75) is 71.6 Å². The van der Waals surface area contributed by atoms with E-state index in [1.54, 1.807) is 39.0 Å². The highest BCUT2D eigenvalue weighted by molar-refractivity contribution is 6.36. The van der Waals surface area contributed by atoms with Crippen LogP contribution in [0.25, 0.3) is 0 Å². The number of nitrogens with one attached hydrogen (secondary N) is 2. The molecule has 4 amide bonds. The number of halogens is 2. The normalized spacial score (nSPS) is 12.9. The van der Waals surface area contributed by atoms with Gasteiger partial charge in [-0.25, -0.2) is 14.4 Å². The zero-order valence-corrected chi connectivity index (χ0v) is 25.4. The smallest absolute Gasteiger partial charge is 0.437 e. The van der Waals surface area contributed by atoms with Gasteiger partial charge < -0.3 is 30.2 Å². The number of carbonyl (C=O) groups excluding carboxylic acids is 5. The van der Waals surface area contributed by atoms with Gasteiger partial charge in [-0.1, -0.05) is 42.6 Å². The first kappa shape index (κ1) is 35.4. The molecule has 1 rings (SSSR count). The molecule has 0 aliphatic heterocycles. The molecular weight excluding hydrogens is 581 g/mol. The summed E-state index contributed by atoms with van der Waals surface area (Å²) in [4.78, 5) is 66.6. The lowest BCUT2D eigenvalue weighted by Gasteiger charge is -2.26. The van der Waals surface area contributed by atoms with E-state index in [1.807, 2.05) is 6.92 Å². The van der Waals surface area contributed by atoms with Gasteiger partial charge in [0.05, 0.1) is 13.0 Å². The number of guanidine groups is 1. The predicted molar refractivity (Wildman–Crippen MR) is 153 cm³/mol. The van der Waals surface area contributed by atoms with Crippen LogP contribution in [0.4, 0.5) is 9.59 Å². The van der Waals surface area contributed by atoms with E-state index in [2.05, 4.69) is 15.6 Å². The van der Waals surface area contributed by atoms with Gasteiger partial charge in [0.15, 0.2) is 6.04 Å². The molecule has 0 saturated heterocycles. The second kappa shape index (κ2) is 16.6. The van der Waals surface area contributed by atoms with Gasteiger partial charge in [0.25, 0.3) is 0 Å². The zero-order chi connectivity index (χ0) is 31.3. The number of likely N-dealkylation sites (N-methyl/N-ethyl adjacent to an activating group) is 1. The molecule has 4 N–H and O–H groups in total. The molecule has 41 heavy (non-hydrogen) atoms. The molecule has 228 valence electrons. The Morgan fingerprint density at radius 3 is 2.27 bits per heavy atom. The largest absolute Gasteiger partial charge is 0.464 e. The molecule has 15 heteroatoms. The Hall–Kier alpha value is -3.58. The van der Waals surface area contributed by atoms with E-state index in [0.29, 0.717) is 12.0 Å². The first-order chi connectivity index (χ1) is 19.0. The number of carbonyl (C=O) groups is 5. The summed E-state index contributed by atoms with van der Waals surface area (Å²) in [6.07, 6.45) is -2.20. The van der Waals surface area contributed by atoms with Gasteiger partial charge in [0.1, 0.15) is 18.2 Å². The maximum absolute atomic E-state index is 12.7. The zero-order valence-electron chi connectivity index (χ0n) is 23.9. The average Bonchev–Trinajstić information content (AvgIpc) is 2.83.